The minimum Gasteiger partial charge on any atom is -0.454 e. The number of nitrogens with zero attached hydrogens (tertiary/aromatic N) is 3. The highest BCUT2D eigenvalue weighted by molar-refractivity contribution is 6.03. The summed E-state index contributed by atoms with van der Waals surface area (Å²) < 4.78 is 44.7. The number of fused-ring (bicyclic) bond motifs is 2. The molecular formula is C26H22F3N3O2. The van der Waals surface area contributed by atoms with Gasteiger partial charge in [-0.15, -0.1) is 0 Å². The Balaban J connectivity index is 1.37. The number of halogens is 3. The number of hydrogen-bond donors (Lipinski definition) is 0. The lowest BCUT2D eigenvalue weighted by atomic mass is 10.1. The van der Waals surface area contributed by atoms with Gasteiger partial charge in [-0.2, -0.15) is 13.2 Å². The van der Waals surface area contributed by atoms with E-state index in [2.05, 4.69) is 4.90 Å². The van der Waals surface area contributed by atoms with Crippen molar-refractivity contribution in [2.45, 2.75) is 12.6 Å². The van der Waals surface area contributed by atoms with Gasteiger partial charge in [0.1, 0.15) is 17.3 Å². The fourth-order valence-corrected chi connectivity index (χ4v) is 4.23. The van der Waals surface area contributed by atoms with E-state index in [4.69, 9.17) is 9.73 Å². The number of hydrogen-bond acceptors (Lipinski definition) is 4. The van der Waals surface area contributed by atoms with Crippen molar-refractivity contribution in [2.75, 3.05) is 26.2 Å². The average Bonchev–Trinajstić information content (AvgIpc) is 3.18. The van der Waals surface area contributed by atoms with E-state index in [1.54, 1.807) is 4.90 Å². The van der Waals surface area contributed by atoms with E-state index >= 15 is 0 Å². The number of amidine groups is 1. The van der Waals surface area contributed by atoms with Crippen LogP contribution in [0.4, 0.5) is 18.9 Å². The largest absolute Gasteiger partial charge is 0.454 e. The molecule has 1 fully saturated rings. The molecule has 3 aromatic carbocycles. The molecule has 0 aliphatic carbocycles. The van der Waals surface area contributed by atoms with Crippen LogP contribution in [0.15, 0.2) is 77.8 Å². The number of rotatable bonds is 1. The van der Waals surface area contributed by atoms with E-state index in [0.29, 0.717) is 44.1 Å². The lowest BCUT2D eigenvalue weighted by Gasteiger charge is -2.25. The molecule has 0 radical (unpaired) electrons. The first-order valence-corrected chi connectivity index (χ1v) is 11.1. The predicted molar refractivity (Wildman–Crippen MR) is 123 cm³/mol. The summed E-state index contributed by atoms with van der Waals surface area (Å²) in [7, 11) is 0. The molecule has 2 heterocycles. The summed E-state index contributed by atoms with van der Waals surface area (Å²) in [5.74, 6) is 1.91. The number of carbonyl (C=O) groups is 1. The molecule has 0 unspecified atom stereocenters. The highest BCUT2D eigenvalue weighted by atomic mass is 19.4. The fraction of sp³-hybridized carbons (Fsp3) is 0.231. The second kappa shape index (κ2) is 8.85. The van der Waals surface area contributed by atoms with E-state index in [0.717, 1.165) is 29.2 Å². The molecule has 0 bridgehead atoms. The molecule has 0 N–H and O–H groups in total. The third-order valence-electron chi connectivity index (χ3n) is 5.98. The molecule has 3 aromatic rings. The molecular weight excluding hydrogens is 443 g/mol. The summed E-state index contributed by atoms with van der Waals surface area (Å²) in [6.45, 7) is 2.18. The van der Waals surface area contributed by atoms with Gasteiger partial charge in [-0.1, -0.05) is 24.3 Å². The monoisotopic (exact) mass is 465 g/mol. The molecule has 5 nitrogen and oxygen atoms in total. The first kappa shape index (κ1) is 22.0. The van der Waals surface area contributed by atoms with Crippen LogP contribution < -0.4 is 4.74 Å². The third-order valence-corrected chi connectivity index (χ3v) is 5.98. The molecule has 8 heteroatoms. The van der Waals surface area contributed by atoms with Crippen LogP contribution in [0.5, 0.6) is 11.5 Å². The van der Waals surface area contributed by atoms with Crippen LogP contribution in [-0.4, -0.2) is 47.7 Å². The summed E-state index contributed by atoms with van der Waals surface area (Å²) >= 11 is 0. The first-order valence-electron chi connectivity index (χ1n) is 11.1. The number of alkyl halides is 3. The van der Waals surface area contributed by atoms with Crippen LogP contribution in [0, 0.1) is 0 Å². The maximum absolute atomic E-state index is 13.0. The standard InChI is InChI=1S/C26H22F3N3O2/c27-26(28,29)19-12-10-18(11-13-19)25(33)32-15-5-14-31(16-17-32)24-20-6-1-3-8-22(20)34-23-9-4-2-7-21(23)30-24/h1-4,6-13H,5,14-17H2. The number of aliphatic imine (C=N–C) groups is 1. The summed E-state index contributed by atoms with van der Waals surface area (Å²) in [6, 6.07) is 19.7. The summed E-state index contributed by atoms with van der Waals surface area (Å²) in [4.78, 5) is 21.7. The second-order valence-corrected chi connectivity index (χ2v) is 8.21. The van der Waals surface area contributed by atoms with E-state index in [1.807, 2.05) is 48.5 Å². The number of amides is 1. The summed E-state index contributed by atoms with van der Waals surface area (Å²) in [5.41, 5.74) is 1.09. The number of benzene rings is 3. The molecule has 34 heavy (non-hydrogen) atoms. The van der Waals surface area contributed by atoms with Crippen LogP contribution in [0.2, 0.25) is 0 Å². The number of para-hydroxylation sites is 3. The highest BCUT2D eigenvalue weighted by Gasteiger charge is 2.31. The van der Waals surface area contributed by atoms with Crippen molar-refractivity contribution in [3.05, 3.63) is 89.5 Å². The SMILES string of the molecule is O=C(c1ccc(C(F)(F)F)cc1)N1CCCN(C2=Nc3ccccc3Oc3ccccc32)CC1. The van der Waals surface area contributed by atoms with Crippen molar-refractivity contribution in [3.63, 3.8) is 0 Å². The minimum atomic E-state index is -4.43. The van der Waals surface area contributed by atoms with Crippen molar-refractivity contribution >= 4 is 17.4 Å². The molecule has 0 atom stereocenters. The second-order valence-electron chi connectivity index (χ2n) is 8.21. The van der Waals surface area contributed by atoms with Gasteiger partial charge in [-0.05, 0) is 55.0 Å². The first-order chi connectivity index (χ1) is 16.4. The lowest BCUT2D eigenvalue weighted by Crippen LogP contribution is -2.37. The molecule has 2 aliphatic rings. The van der Waals surface area contributed by atoms with Crippen LogP contribution in [-0.2, 0) is 6.18 Å². The van der Waals surface area contributed by atoms with E-state index in [-0.39, 0.29) is 11.5 Å². The average molecular weight is 465 g/mol. The van der Waals surface area contributed by atoms with Gasteiger partial charge in [-0.25, -0.2) is 4.99 Å². The molecule has 1 saturated heterocycles. The van der Waals surface area contributed by atoms with E-state index < -0.39 is 11.7 Å². The zero-order valence-corrected chi connectivity index (χ0v) is 18.3. The molecule has 0 spiro atoms. The van der Waals surface area contributed by atoms with Crippen LogP contribution in [0.3, 0.4) is 0 Å². The normalized spacial score (nSPS) is 15.9. The number of ether oxygens (including phenoxy) is 1. The van der Waals surface area contributed by atoms with Crippen molar-refractivity contribution in [1.82, 2.24) is 9.80 Å². The van der Waals surface area contributed by atoms with Crippen LogP contribution >= 0.6 is 0 Å². The zero-order chi connectivity index (χ0) is 23.7. The molecule has 5 rings (SSSR count). The summed E-state index contributed by atoms with van der Waals surface area (Å²) in [5, 5.41) is 0. The molecule has 2 aliphatic heterocycles. The third kappa shape index (κ3) is 4.35. The molecule has 1 amide bonds. The van der Waals surface area contributed by atoms with Gasteiger partial charge >= 0.3 is 6.18 Å². The van der Waals surface area contributed by atoms with E-state index in [1.165, 1.54) is 12.1 Å². The van der Waals surface area contributed by atoms with Gasteiger partial charge in [-0.3, -0.25) is 4.79 Å². The Kier molecular flexibility index (Phi) is 5.73. The smallest absolute Gasteiger partial charge is 0.416 e. The maximum Gasteiger partial charge on any atom is 0.416 e. The van der Waals surface area contributed by atoms with Crippen LogP contribution in [0.1, 0.15) is 27.9 Å². The van der Waals surface area contributed by atoms with Gasteiger partial charge < -0.3 is 14.5 Å². The maximum atomic E-state index is 13.0. The lowest BCUT2D eigenvalue weighted by molar-refractivity contribution is -0.137. The van der Waals surface area contributed by atoms with Crippen molar-refractivity contribution in [1.29, 1.82) is 0 Å². The Bertz CT molecular complexity index is 1240. The van der Waals surface area contributed by atoms with Gasteiger partial charge in [0.25, 0.3) is 5.91 Å². The topological polar surface area (TPSA) is 45.1 Å². The fourth-order valence-electron chi connectivity index (χ4n) is 4.23. The Hall–Kier alpha value is -3.81. The van der Waals surface area contributed by atoms with Crippen molar-refractivity contribution in [2.24, 2.45) is 4.99 Å². The van der Waals surface area contributed by atoms with Crippen molar-refractivity contribution in [3.8, 4) is 11.5 Å². The van der Waals surface area contributed by atoms with Gasteiger partial charge in [0.2, 0.25) is 0 Å². The Morgan fingerprint density at radius 3 is 2.29 bits per heavy atom. The number of carbonyl (C=O) groups excluding carboxylic acids is 1. The molecule has 174 valence electrons. The highest BCUT2D eigenvalue weighted by Crippen LogP contribution is 2.38. The predicted octanol–water partition coefficient (Wildman–Crippen LogP) is 5.74. The summed E-state index contributed by atoms with van der Waals surface area (Å²) in [6.07, 6.45) is -3.72. The molecule has 0 aromatic heterocycles. The quantitative estimate of drug-likeness (QED) is 0.461. The molecule has 0 saturated carbocycles. The Labute approximate surface area is 195 Å². The minimum absolute atomic E-state index is 0.251. The zero-order valence-electron chi connectivity index (χ0n) is 18.3. The van der Waals surface area contributed by atoms with Crippen molar-refractivity contribution < 1.29 is 22.7 Å². The van der Waals surface area contributed by atoms with Crippen LogP contribution in [0.25, 0.3) is 0 Å². The Morgan fingerprint density at radius 2 is 1.53 bits per heavy atom. The van der Waals surface area contributed by atoms with Gasteiger partial charge in [0, 0.05) is 31.7 Å². The van der Waals surface area contributed by atoms with E-state index in [9.17, 15) is 18.0 Å². The van der Waals surface area contributed by atoms with Gasteiger partial charge in [0.05, 0.1) is 11.1 Å². The van der Waals surface area contributed by atoms with Gasteiger partial charge in [0.15, 0.2) is 5.75 Å². The Morgan fingerprint density at radius 1 is 0.824 bits per heavy atom.